The Bertz CT molecular complexity index is 330. The van der Waals surface area contributed by atoms with Crippen molar-refractivity contribution < 1.29 is 9.53 Å². The lowest BCUT2D eigenvalue weighted by atomic mass is 9.78. The van der Waals surface area contributed by atoms with Crippen LogP contribution in [0.25, 0.3) is 0 Å². The van der Waals surface area contributed by atoms with Gasteiger partial charge in [-0.05, 0) is 50.6 Å². The first-order valence-corrected chi connectivity index (χ1v) is 7.98. The SMILES string of the molecule is COCC1(C(=O)N2CCCC(C)(C)CC2)CCNCC1. The third kappa shape index (κ3) is 3.53. The van der Waals surface area contributed by atoms with E-state index in [4.69, 9.17) is 4.74 Å². The maximum atomic E-state index is 13.0. The second kappa shape index (κ2) is 6.44. The van der Waals surface area contributed by atoms with E-state index in [2.05, 4.69) is 24.1 Å². The van der Waals surface area contributed by atoms with E-state index in [1.54, 1.807) is 7.11 Å². The van der Waals surface area contributed by atoms with Crippen molar-refractivity contribution in [1.82, 2.24) is 10.2 Å². The maximum absolute atomic E-state index is 13.0. The van der Waals surface area contributed by atoms with E-state index in [-0.39, 0.29) is 5.41 Å². The molecule has 0 saturated carbocycles. The van der Waals surface area contributed by atoms with E-state index in [0.717, 1.165) is 51.9 Å². The number of rotatable bonds is 3. The van der Waals surface area contributed by atoms with Gasteiger partial charge in [-0.3, -0.25) is 4.79 Å². The van der Waals surface area contributed by atoms with Crippen molar-refractivity contribution in [2.45, 2.75) is 46.0 Å². The van der Waals surface area contributed by atoms with Crippen LogP contribution in [0.2, 0.25) is 0 Å². The van der Waals surface area contributed by atoms with Gasteiger partial charge in [0.15, 0.2) is 0 Å². The number of ether oxygens (including phenoxy) is 1. The van der Waals surface area contributed by atoms with Crippen molar-refractivity contribution >= 4 is 5.91 Å². The molecule has 2 heterocycles. The molecule has 20 heavy (non-hydrogen) atoms. The van der Waals surface area contributed by atoms with Crippen LogP contribution in [0.15, 0.2) is 0 Å². The van der Waals surface area contributed by atoms with Gasteiger partial charge in [-0.1, -0.05) is 13.8 Å². The highest BCUT2D eigenvalue weighted by atomic mass is 16.5. The van der Waals surface area contributed by atoms with Gasteiger partial charge in [0, 0.05) is 20.2 Å². The Morgan fingerprint density at radius 3 is 2.50 bits per heavy atom. The Kier molecular flexibility index (Phi) is 5.08. The normalized spacial score (nSPS) is 26.1. The summed E-state index contributed by atoms with van der Waals surface area (Å²) in [6, 6.07) is 0. The van der Waals surface area contributed by atoms with E-state index in [1.165, 1.54) is 6.42 Å². The highest BCUT2D eigenvalue weighted by Crippen LogP contribution is 2.35. The first-order valence-electron chi connectivity index (χ1n) is 7.98. The molecule has 1 N–H and O–H groups in total. The largest absolute Gasteiger partial charge is 0.384 e. The van der Waals surface area contributed by atoms with Gasteiger partial charge in [0.05, 0.1) is 12.0 Å². The number of amides is 1. The number of nitrogens with zero attached hydrogens (tertiary/aromatic N) is 1. The first-order chi connectivity index (χ1) is 9.49. The van der Waals surface area contributed by atoms with Gasteiger partial charge in [0.2, 0.25) is 5.91 Å². The zero-order valence-corrected chi connectivity index (χ0v) is 13.3. The lowest BCUT2D eigenvalue weighted by Gasteiger charge is -2.39. The van der Waals surface area contributed by atoms with Gasteiger partial charge >= 0.3 is 0 Å². The Balaban J connectivity index is 2.07. The number of nitrogens with one attached hydrogen (secondary N) is 1. The smallest absolute Gasteiger partial charge is 0.231 e. The summed E-state index contributed by atoms with van der Waals surface area (Å²) in [6.07, 6.45) is 5.26. The number of piperidine rings is 1. The minimum absolute atomic E-state index is 0.283. The predicted octanol–water partition coefficient (Wildman–Crippen LogP) is 2.04. The highest BCUT2D eigenvalue weighted by molar-refractivity contribution is 5.83. The number of hydrogen-bond acceptors (Lipinski definition) is 3. The van der Waals surface area contributed by atoms with Crippen LogP contribution >= 0.6 is 0 Å². The zero-order chi connectivity index (χ0) is 14.6. The van der Waals surface area contributed by atoms with Crippen molar-refractivity contribution in [3.05, 3.63) is 0 Å². The van der Waals surface area contributed by atoms with Gasteiger partial charge in [0.1, 0.15) is 0 Å². The molecule has 0 spiro atoms. The summed E-state index contributed by atoms with van der Waals surface area (Å²) in [6.45, 7) is 8.87. The molecule has 2 aliphatic rings. The van der Waals surface area contributed by atoms with E-state index >= 15 is 0 Å². The summed E-state index contributed by atoms with van der Waals surface area (Å²) in [5.41, 5.74) is 0.0893. The van der Waals surface area contributed by atoms with Crippen LogP contribution in [0.4, 0.5) is 0 Å². The van der Waals surface area contributed by atoms with Crippen LogP contribution in [-0.2, 0) is 9.53 Å². The number of carbonyl (C=O) groups is 1. The monoisotopic (exact) mass is 282 g/mol. The molecule has 2 rings (SSSR count). The number of carbonyl (C=O) groups excluding carboxylic acids is 1. The molecule has 4 nitrogen and oxygen atoms in total. The fraction of sp³-hybridized carbons (Fsp3) is 0.938. The molecule has 0 unspecified atom stereocenters. The minimum Gasteiger partial charge on any atom is -0.384 e. The van der Waals surface area contributed by atoms with Crippen LogP contribution in [0, 0.1) is 10.8 Å². The lowest BCUT2D eigenvalue weighted by molar-refractivity contribution is -0.147. The summed E-state index contributed by atoms with van der Waals surface area (Å²) >= 11 is 0. The predicted molar refractivity (Wildman–Crippen MR) is 80.6 cm³/mol. The van der Waals surface area contributed by atoms with Crippen molar-refractivity contribution in [2.75, 3.05) is 39.9 Å². The van der Waals surface area contributed by atoms with E-state index in [1.807, 2.05) is 0 Å². The second-order valence-corrected chi connectivity index (χ2v) is 7.27. The molecule has 0 aromatic carbocycles. The number of likely N-dealkylation sites (tertiary alicyclic amines) is 1. The van der Waals surface area contributed by atoms with Gasteiger partial charge in [-0.15, -0.1) is 0 Å². The van der Waals surface area contributed by atoms with E-state index in [0.29, 0.717) is 17.9 Å². The third-order valence-corrected chi connectivity index (χ3v) is 5.06. The van der Waals surface area contributed by atoms with Crippen LogP contribution < -0.4 is 5.32 Å². The van der Waals surface area contributed by atoms with Crippen LogP contribution in [0.5, 0.6) is 0 Å². The highest BCUT2D eigenvalue weighted by Gasteiger charge is 2.42. The molecule has 116 valence electrons. The first kappa shape index (κ1) is 15.8. The van der Waals surface area contributed by atoms with E-state index in [9.17, 15) is 4.79 Å². The average Bonchev–Trinajstić information content (AvgIpc) is 2.60. The Morgan fingerprint density at radius 1 is 1.15 bits per heavy atom. The molecule has 0 bridgehead atoms. The van der Waals surface area contributed by atoms with Gasteiger partial charge < -0.3 is 15.0 Å². The van der Waals surface area contributed by atoms with Crippen molar-refractivity contribution in [2.24, 2.45) is 10.8 Å². The molecule has 0 radical (unpaired) electrons. The molecule has 1 amide bonds. The fourth-order valence-electron chi connectivity index (χ4n) is 3.56. The zero-order valence-electron chi connectivity index (χ0n) is 13.3. The van der Waals surface area contributed by atoms with Gasteiger partial charge in [-0.25, -0.2) is 0 Å². The minimum atomic E-state index is -0.283. The molecule has 0 atom stereocenters. The Labute approximate surface area is 123 Å². The molecule has 0 aliphatic carbocycles. The van der Waals surface area contributed by atoms with Gasteiger partial charge in [0.25, 0.3) is 0 Å². The van der Waals surface area contributed by atoms with Gasteiger partial charge in [-0.2, -0.15) is 0 Å². The molecule has 2 aliphatic heterocycles. The van der Waals surface area contributed by atoms with Crippen molar-refractivity contribution in [1.29, 1.82) is 0 Å². The summed E-state index contributed by atoms with van der Waals surface area (Å²) < 4.78 is 5.39. The second-order valence-electron chi connectivity index (χ2n) is 7.27. The summed E-state index contributed by atoms with van der Waals surface area (Å²) in [7, 11) is 1.71. The molecule has 2 saturated heterocycles. The Hall–Kier alpha value is -0.610. The fourth-order valence-corrected chi connectivity index (χ4v) is 3.56. The van der Waals surface area contributed by atoms with Crippen molar-refractivity contribution in [3.8, 4) is 0 Å². The number of hydrogen-bond donors (Lipinski definition) is 1. The molecule has 0 aromatic rings. The third-order valence-electron chi connectivity index (χ3n) is 5.06. The molecule has 0 aromatic heterocycles. The quantitative estimate of drug-likeness (QED) is 0.861. The van der Waals surface area contributed by atoms with Crippen LogP contribution in [0.1, 0.15) is 46.0 Å². The average molecular weight is 282 g/mol. The molecule has 2 fully saturated rings. The van der Waals surface area contributed by atoms with E-state index < -0.39 is 0 Å². The molecule has 4 heteroatoms. The number of methoxy groups -OCH3 is 1. The van der Waals surface area contributed by atoms with Crippen LogP contribution in [0.3, 0.4) is 0 Å². The summed E-state index contributed by atoms with van der Waals surface area (Å²) in [5.74, 6) is 0.332. The Morgan fingerprint density at radius 2 is 1.85 bits per heavy atom. The topological polar surface area (TPSA) is 41.6 Å². The van der Waals surface area contributed by atoms with Crippen molar-refractivity contribution in [3.63, 3.8) is 0 Å². The molecular formula is C16H30N2O2. The lowest BCUT2D eigenvalue weighted by Crippen LogP contribution is -2.51. The standard InChI is InChI=1S/C16H30N2O2/c1-15(2)5-4-11-18(12-8-15)14(19)16(13-20-3)6-9-17-10-7-16/h17H,4-13H2,1-3H3. The molecular weight excluding hydrogens is 252 g/mol. The van der Waals surface area contributed by atoms with Crippen LogP contribution in [-0.4, -0.2) is 50.7 Å². The maximum Gasteiger partial charge on any atom is 0.231 e. The summed E-state index contributed by atoms with van der Waals surface area (Å²) in [5, 5.41) is 3.35. The summed E-state index contributed by atoms with van der Waals surface area (Å²) in [4.78, 5) is 15.2.